The molecule has 8 heteroatoms. The number of esters is 1. The first-order chi connectivity index (χ1) is 20.0. The lowest BCUT2D eigenvalue weighted by Gasteiger charge is -2.38. The predicted molar refractivity (Wildman–Crippen MR) is 152 cm³/mol. The number of hydrogen-bond donors (Lipinski definition) is 1. The van der Waals surface area contributed by atoms with Crippen LogP contribution in [0.4, 0.5) is 5.69 Å². The van der Waals surface area contributed by atoms with Gasteiger partial charge in [-0.15, -0.1) is 0 Å². The van der Waals surface area contributed by atoms with E-state index in [-0.39, 0.29) is 31.6 Å². The van der Waals surface area contributed by atoms with E-state index in [2.05, 4.69) is 0 Å². The molecule has 1 spiro atoms. The minimum absolute atomic E-state index is 0.105. The fourth-order valence-electron chi connectivity index (χ4n) is 7.02. The van der Waals surface area contributed by atoms with E-state index >= 15 is 0 Å². The van der Waals surface area contributed by atoms with Gasteiger partial charge in [-0.1, -0.05) is 78.9 Å². The Hall–Kier alpha value is -4.27. The normalized spacial score (nSPS) is 29.5. The first-order valence-corrected chi connectivity index (χ1v) is 14.0. The zero-order valence-corrected chi connectivity index (χ0v) is 22.3. The molecule has 4 aliphatic rings. The molecule has 6 atom stereocenters. The average Bonchev–Trinajstić information content (AvgIpc) is 3.30. The lowest BCUT2D eigenvalue weighted by molar-refractivity contribution is -0.153. The third kappa shape index (κ3) is 4.01. The van der Waals surface area contributed by atoms with Crippen molar-refractivity contribution in [2.45, 2.75) is 30.2 Å². The number of rotatable bonds is 5. The van der Waals surface area contributed by atoms with E-state index in [9.17, 15) is 19.5 Å². The molecule has 41 heavy (non-hydrogen) atoms. The van der Waals surface area contributed by atoms with E-state index in [0.717, 1.165) is 16.3 Å². The number of carbonyl (C=O) groups is 3. The molecule has 0 bridgehead atoms. The van der Waals surface area contributed by atoms with Crippen LogP contribution in [0.5, 0.6) is 0 Å². The molecule has 7 rings (SSSR count). The Balaban J connectivity index is 1.35. The van der Waals surface area contributed by atoms with Gasteiger partial charge in [0.25, 0.3) is 5.91 Å². The van der Waals surface area contributed by atoms with E-state index in [1.54, 1.807) is 23.1 Å². The number of anilines is 1. The van der Waals surface area contributed by atoms with Crippen LogP contribution in [-0.4, -0.2) is 71.3 Å². The van der Waals surface area contributed by atoms with Gasteiger partial charge in [0, 0.05) is 12.2 Å². The highest BCUT2D eigenvalue weighted by Crippen LogP contribution is 2.54. The van der Waals surface area contributed by atoms with Crippen molar-refractivity contribution in [3.63, 3.8) is 0 Å². The minimum atomic E-state index is -1.39. The van der Waals surface area contributed by atoms with Gasteiger partial charge in [0.05, 0.1) is 24.7 Å². The van der Waals surface area contributed by atoms with E-state index in [4.69, 9.17) is 9.47 Å². The van der Waals surface area contributed by atoms with Crippen LogP contribution in [0.15, 0.2) is 97.1 Å². The highest BCUT2D eigenvalue weighted by atomic mass is 16.6. The Bertz CT molecular complexity index is 1580. The number of cyclic esters (lactones) is 1. The van der Waals surface area contributed by atoms with Crippen LogP contribution in [0.25, 0.3) is 10.8 Å². The number of likely N-dealkylation sites (tertiary alicyclic amines) is 1. The summed E-state index contributed by atoms with van der Waals surface area (Å²) in [5, 5.41) is 12.7. The van der Waals surface area contributed by atoms with E-state index in [1.165, 1.54) is 4.90 Å². The fraction of sp³-hybridized carbons (Fsp3) is 0.303. The van der Waals surface area contributed by atoms with Crippen molar-refractivity contribution in [1.29, 1.82) is 0 Å². The minimum Gasteiger partial charge on any atom is -0.461 e. The van der Waals surface area contributed by atoms with Gasteiger partial charge in [-0.3, -0.25) is 14.4 Å². The maximum Gasteiger partial charge on any atom is 0.313 e. The van der Waals surface area contributed by atoms with Crippen LogP contribution in [0.3, 0.4) is 0 Å². The van der Waals surface area contributed by atoms with Crippen molar-refractivity contribution in [3.05, 3.63) is 103 Å². The fourth-order valence-corrected chi connectivity index (χ4v) is 7.02. The first kappa shape index (κ1) is 25.7. The summed E-state index contributed by atoms with van der Waals surface area (Å²) in [6.45, 7) is 0.0189. The van der Waals surface area contributed by atoms with Gasteiger partial charge in [0.1, 0.15) is 24.2 Å². The number of ether oxygens (including phenoxy) is 2. The molecule has 2 fully saturated rings. The molecule has 4 aliphatic heterocycles. The lowest BCUT2D eigenvalue weighted by Crippen LogP contribution is -2.58. The molecule has 2 amide bonds. The van der Waals surface area contributed by atoms with Crippen molar-refractivity contribution >= 4 is 34.2 Å². The van der Waals surface area contributed by atoms with E-state index in [0.29, 0.717) is 12.1 Å². The summed E-state index contributed by atoms with van der Waals surface area (Å²) in [6.07, 6.45) is 6.76. The molecular formula is C33H30N2O6. The van der Waals surface area contributed by atoms with E-state index in [1.807, 2.05) is 78.9 Å². The average molecular weight is 551 g/mol. The summed E-state index contributed by atoms with van der Waals surface area (Å²) in [7, 11) is 0. The molecule has 0 aromatic heterocycles. The summed E-state index contributed by atoms with van der Waals surface area (Å²) in [5.41, 5.74) is 0.227. The number of nitrogens with zero attached hydrogens (tertiary/aromatic N) is 2. The van der Waals surface area contributed by atoms with Crippen molar-refractivity contribution in [2.24, 2.45) is 11.8 Å². The zero-order chi connectivity index (χ0) is 28.1. The predicted octanol–water partition coefficient (Wildman–Crippen LogP) is 3.04. The maximum absolute atomic E-state index is 14.7. The number of aliphatic hydroxyl groups is 1. The third-order valence-electron chi connectivity index (χ3n) is 8.81. The van der Waals surface area contributed by atoms with Gasteiger partial charge < -0.3 is 24.4 Å². The zero-order valence-electron chi connectivity index (χ0n) is 22.3. The summed E-state index contributed by atoms with van der Waals surface area (Å²) in [6, 6.07) is 21.5. The molecule has 3 aromatic carbocycles. The standard InChI is InChI=1S/C33H30N2O6/c36-20-25(18-21-8-2-1-3-9-21)35-29-31(38)34(24-14-13-22-10-4-5-11-23(22)19-24)16-7-15-33(29)28(30(35)37)27-26(41-33)12-6-17-40-32(27)39/h1-15,19,25-29,36H,16-18,20H2/t25-,26+,27-,28+,29?,33+/m1/s1. The van der Waals surface area contributed by atoms with Crippen LogP contribution < -0.4 is 4.90 Å². The highest BCUT2D eigenvalue weighted by Gasteiger charge is 2.72. The number of aliphatic hydroxyl groups excluding tert-OH is 1. The number of amides is 2. The van der Waals surface area contributed by atoms with Gasteiger partial charge in [0.15, 0.2) is 0 Å². The Morgan fingerprint density at radius 1 is 0.927 bits per heavy atom. The van der Waals surface area contributed by atoms with Crippen LogP contribution in [0.2, 0.25) is 0 Å². The summed E-state index contributed by atoms with van der Waals surface area (Å²) in [5.74, 6) is -3.08. The molecule has 0 aliphatic carbocycles. The quantitative estimate of drug-likeness (QED) is 0.388. The SMILES string of the molecule is O=C1OCC=C[C@@H]2O[C@]34C=CCN(c5ccc6ccccc6c5)C(=O)C3N([C@@H](CO)Cc3ccccc3)C(=O)[C@@H]4[C@H]12. The van der Waals surface area contributed by atoms with Gasteiger partial charge in [-0.25, -0.2) is 0 Å². The van der Waals surface area contributed by atoms with Gasteiger partial charge in [-0.05, 0) is 41.0 Å². The molecule has 8 nitrogen and oxygen atoms in total. The smallest absolute Gasteiger partial charge is 0.313 e. The Kier molecular flexibility index (Phi) is 6.25. The van der Waals surface area contributed by atoms with Crippen LogP contribution >= 0.6 is 0 Å². The number of carbonyl (C=O) groups excluding carboxylic acids is 3. The Morgan fingerprint density at radius 2 is 1.71 bits per heavy atom. The molecule has 3 aromatic rings. The third-order valence-corrected chi connectivity index (χ3v) is 8.81. The summed E-state index contributed by atoms with van der Waals surface area (Å²) in [4.78, 5) is 45.4. The van der Waals surface area contributed by atoms with Gasteiger partial charge in [-0.2, -0.15) is 0 Å². The molecular weight excluding hydrogens is 520 g/mol. The van der Waals surface area contributed by atoms with Gasteiger partial charge in [0.2, 0.25) is 5.91 Å². The second-order valence-corrected chi connectivity index (χ2v) is 11.1. The van der Waals surface area contributed by atoms with E-state index < -0.39 is 41.6 Å². The van der Waals surface area contributed by atoms with Crippen LogP contribution in [0, 0.1) is 11.8 Å². The topological polar surface area (TPSA) is 96.4 Å². The molecule has 1 N–H and O–H groups in total. The Morgan fingerprint density at radius 3 is 2.51 bits per heavy atom. The number of hydrogen-bond acceptors (Lipinski definition) is 6. The second-order valence-electron chi connectivity index (χ2n) is 11.1. The van der Waals surface area contributed by atoms with Crippen molar-refractivity contribution in [1.82, 2.24) is 4.90 Å². The summed E-state index contributed by atoms with van der Waals surface area (Å²) < 4.78 is 12.0. The van der Waals surface area contributed by atoms with Crippen LogP contribution in [-0.2, 0) is 30.3 Å². The largest absolute Gasteiger partial charge is 0.461 e. The molecule has 4 heterocycles. The monoisotopic (exact) mass is 550 g/mol. The number of fused-ring (bicyclic) bond motifs is 3. The Labute approximate surface area is 237 Å². The van der Waals surface area contributed by atoms with Crippen molar-refractivity contribution < 1.29 is 29.0 Å². The first-order valence-electron chi connectivity index (χ1n) is 14.0. The second kappa shape index (κ2) is 9.98. The molecule has 0 saturated carbocycles. The molecule has 208 valence electrons. The van der Waals surface area contributed by atoms with Crippen LogP contribution in [0.1, 0.15) is 5.56 Å². The lowest BCUT2D eigenvalue weighted by atomic mass is 9.78. The molecule has 2 saturated heterocycles. The maximum atomic E-state index is 14.7. The summed E-state index contributed by atoms with van der Waals surface area (Å²) >= 11 is 0. The van der Waals surface area contributed by atoms with Crippen molar-refractivity contribution in [3.8, 4) is 0 Å². The van der Waals surface area contributed by atoms with Gasteiger partial charge >= 0.3 is 5.97 Å². The van der Waals surface area contributed by atoms with Crippen molar-refractivity contribution in [2.75, 3.05) is 24.7 Å². The highest BCUT2D eigenvalue weighted by molar-refractivity contribution is 6.06. The number of benzene rings is 3. The molecule has 1 unspecified atom stereocenters. The molecule has 0 radical (unpaired) electrons.